The largest absolute Gasteiger partial charge is 0.480 e. The zero-order valence-corrected chi connectivity index (χ0v) is 13.8. The Labute approximate surface area is 127 Å². The lowest BCUT2D eigenvalue weighted by Crippen LogP contribution is -2.48. The van der Waals surface area contributed by atoms with Gasteiger partial charge in [-0.2, -0.15) is 0 Å². The average Bonchev–Trinajstić information content (AvgIpc) is 2.69. The topological polar surface area (TPSA) is 70.1 Å². The monoisotopic (exact) mass is 300 g/mol. The summed E-state index contributed by atoms with van der Waals surface area (Å²) in [5.74, 6) is -0.824. The fourth-order valence-electron chi connectivity index (χ4n) is 2.53. The normalized spacial score (nSPS) is 19.8. The molecule has 6 nitrogen and oxygen atoms in total. The standard InChI is InChI=1S/C15H28N2O4/c1-11(2)17(14(20)21-15(3,4)5)9-12-7-6-8-16(12)10-13(18)19/h11-12H,6-10H2,1-5H3,(H,18,19)/t12-/m0/s1. The van der Waals surface area contributed by atoms with Crippen molar-refractivity contribution in [2.75, 3.05) is 19.6 Å². The second-order valence-corrected chi connectivity index (χ2v) is 6.89. The Hall–Kier alpha value is -1.30. The van der Waals surface area contributed by atoms with Crippen molar-refractivity contribution in [2.24, 2.45) is 0 Å². The number of carboxylic acid groups (broad SMARTS) is 1. The summed E-state index contributed by atoms with van der Waals surface area (Å²) in [4.78, 5) is 26.8. The molecule has 1 saturated heterocycles. The predicted molar refractivity (Wildman–Crippen MR) is 80.3 cm³/mol. The smallest absolute Gasteiger partial charge is 0.410 e. The van der Waals surface area contributed by atoms with Crippen LogP contribution in [0.4, 0.5) is 4.79 Å². The van der Waals surface area contributed by atoms with E-state index >= 15 is 0 Å². The third-order valence-electron chi connectivity index (χ3n) is 3.50. The van der Waals surface area contributed by atoms with E-state index in [-0.39, 0.29) is 24.7 Å². The number of aliphatic carboxylic acids is 1. The van der Waals surface area contributed by atoms with Crippen LogP contribution in [0, 0.1) is 0 Å². The fraction of sp³-hybridized carbons (Fsp3) is 0.867. The number of rotatable bonds is 5. The first-order chi connectivity index (χ1) is 9.60. The minimum atomic E-state index is -0.824. The summed E-state index contributed by atoms with van der Waals surface area (Å²) >= 11 is 0. The Morgan fingerprint density at radius 3 is 2.48 bits per heavy atom. The van der Waals surface area contributed by atoms with E-state index in [0.29, 0.717) is 6.54 Å². The average molecular weight is 300 g/mol. The van der Waals surface area contributed by atoms with Gasteiger partial charge in [-0.15, -0.1) is 0 Å². The number of hydrogen-bond acceptors (Lipinski definition) is 4. The molecule has 122 valence electrons. The fourth-order valence-corrected chi connectivity index (χ4v) is 2.53. The van der Waals surface area contributed by atoms with Crippen molar-refractivity contribution in [1.29, 1.82) is 0 Å². The third kappa shape index (κ3) is 5.91. The summed E-state index contributed by atoms with van der Waals surface area (Å²) < 4.78 is 5.44. The van der Waals surface area contributed by atoms with Gasteiger partial charge in [-0.25, -0.2) is 4.79 Å². The van der Waals surface area contributed by atoms with Gasteiger partial charge in [-0.05, 0) is 54.0 Å². The van der Waals surface area contributed by atoms with Gasteiger partial charge in [0.05, 0.1) is 6.54 Å². The van der Waals surface area contributed by atoms with Crippen LogP contribution in [0.2, 0.25) is 0 Å². The van der Waals surface area contributed by atoms with E-state index in [2.05, 4.69) is 0 Å². The van der Waals surface area contributed by atoms with E-state index in [0.717, 1.165) is 19.4 Å². The molecule has 1 heterocycles. The molecule has 0 radical (unpaired) electrons. The third-order valence-corrected chi connectivity index (χ3v) is 3.50. The highest BCUT2D eigenvalue weighted by molar-refractivity contribution is 5.69. The molecule has 0 spiro atoms. The molecule has 0 aromatic carbocycles. The van der Waals surface area contributed by atoms with Gasteiger partial charge in [-0.3, -0.25) is 9.69 Å². The maximum absolute atomic E-state index is 12.3. The molecule has 1 rings (SSSR count). The van der Waals surface area contributed by atoms with Gasteiger partial charge < -0.3 is 14.7 Å². The molecule has 0 aromatic heterocycles. The lowest BCUT2D eigenvalue weighted by Gasteiger charge is -2.34. The van der Waals surface area contributed by atoms with Crippen molar-refractivity contribution < 1.29 is 19.4 Å². The first-order valence-corrected chi connectivity index (χ1v) is 7.55. The summed E-state index contributed by atoms with van der Waals surface area (Å²) in [7, 11) is 0. The summed E-state index contributed by atoms with van der Waals surface area (Å²) in [6.45, 7) is 10.7. The summed E-state index contributed by atoms with van der Waals surface area (Å²) in [6.07, 6.45) is 1.55. The van der Waals surface area contributed by atoms with Gasteiger partial charge in [0.1, 0.15) is 5.60 Å². The van der Waals surface area contributed by atoms with Crippen LogP contribution in [-0.4, -0.2) is 64.3 Å². The van der Waals surface area contributed by atoms with Gasteiger partial charge in [0.15, 0.2) is 0 Å². The van der Waals surface area contributed by atoms with Gasteiger partial charge >= 0.3 is 12.1 Å². The summed E-state index contributed by atoms with van der Waals surface area (Å²) in [5.41, 5.74) is -0.527. The highest BCUT2D eigenvalue weighted by Gasteiger charge is 2.32. The molecule has 1 atom stereocenters. The van der Waals surface area contributed by atoms with Gasteiger partial charge in [-0.1, -0.05) is 0 Å². The molecule has 1 N–H and O–H groups in total. The van der Waals surface area contributed by atoms with Gasteiger partial charge in [0.25, 0.3) is 0 Å². The van der Waals surface area contributed by atoms with Crippen molar-refractivity contribution in [3.63, 3.8) is 0 Å². The van der Waals surface area contributed by atoms with E-state index in [1.54, 1.807) is 4.90 Å². The van der Waals surface area contributed by atoms with Crippen molar-refractivity contribution in [3.8, 4) is 0 Å². The molecule has 21 heavy (non-hydrogen) atoms. The molecule has 6 heteroatoms. The number of hydrogen-bond donors (Lipinski definition) is 1. The SMILES string of the molecule is CC(C)N(C[C@@H]1CCCN1CC(=O)O)C(=O)OC(C)(C)C. The van der Waals surface area contributed by atoms with Gasteiger partial charge in [0, 0.05) is 18.6 Å². The van der Waals surface area contributed by atoms with Crippen LogP contribution in [-0.2, 0) is 9.53 Å². The second kappa shape index (κ2) is 7.11. The van der Waals surface area contributed by atoms with E-state index in [4.69, 9.17) is 9.84 Å². The highest BCUT2D eigenvalue weighted by Crippen LogP contribution is 2.20. The molecule has 1 aliphatic rings. The minimum absolute atomic E-state index is 0.0205. The Balaban J connectivity index is 2.69. The van der Waals surface area contributed by atoms with E-state index in [1.165, 1.54) is 0 Å². The number of nitrogens with zero attached hydrogens (tertiary/aromatic N) is 2. The Morgan fingerprint density at radius 2 is 2.00 bits per heavy atom. The molecular formula is C15H28N2O4. The van der Waals surface area contributed by atoms with Crippen LogP contribution in [0.3, 0.4) is 0 Å². The van der Waals surface area contributed by atoms with E-state index < -0.39 is 11.6 Å². The highest BCUT2D eigenvalue weighted by atomic mass is 16.6. The lowest BCUT2D eigenvalue weighted by molar-refractivity contribution is -0.138. The first-order valence-electron chi connectivity index (χ1n) is 7.55. The zero-order chi connectivity index (χ0) is 16.2. The van der Waals surface area contributed by atoms with Crippen molar-refractivity contribution in [1.82, 2.24) is 9.80 Å². The lowest BCUT2D eigenvalue weighted by atomic mass is 10.2. The first kappa shape index (κ1) is 17.8. The number of likely N-dealkylation sites (tertiary alicyclic amines) is 1. The van der Waals surface area contributed by atoms with Crippen LogP contribution in [0.25, 0.3) is 0 Å². The van der Waals surface area contributed by atoms with Crippen LogP contribution in [0.5, 0.6) is 0 Å². The van der Waals surface area contributed by atoms with Crippen molar-refractivity contribution in [2.45, 2.75) is 65.1 Å². The number of carbonyl (C=O) groups excluding carboxylic acids is 1. The summed E-state index contributed by atoms with van der Waals surface area (Å²) in [5, 5.41) is 8.95. The molecule has 1 fully saturated rings. The van der Waals surface area contributed by atoms with Crippen LogP contribution in [0.15, 0.2) is 0 Å². The second-order valence-electron chi connectivity index (χ2n) is 6.89. The maximum atomic E-state index is 12.3. The van der Waals surface area contributed by atoms with Gasteiger partial charge in [0.2, 0.25) is 0 Å². The van der Waals surface area contributed by atoms with Crippen LogP contribution < -0.4 is 0 Å². The molecule has 0 unspecified atom stereocenters. The molecule has 0 aliphatic carbocycles. The quantitative estimate of drug-likeness (QED) is 0.842. The molecule has 0 saturated carbocycles. The summed E-state index contributed by atoms with van der Waals surface area (Å²) in [6, 6.07) is 0.114. The number of amides is 1. The van der Waals surface area contributed by atoms with Crippen LogP contribution in [0.1, 0.15) is 47.5 Å². The Kier molecular flexibility index (Phi) is 6.01. The number of carbonyl (C=O) groups is 2. The molecule has 1 aliphatic heterocycles. The van der Waals surface area contributed by atoms with Crippen molar-refractivity contribution in [3.05, 3.63) is 0 Å². The van der Waals surface area contributed by atoms with E-state index in [1.807, 2.05) is 39.5 Å². The van der Waals surface area contributed by atoms with E-state index in [9.17, 15) is 9.59 Å². The predicted octanol–water partition coefficient (Wildman–Crippen LogP) is 2.18. The number of ether oxygens (including phenoxy) is 1. The Morgan fingerprint density at radius 1 is 1.38 bits per heavy atom. The molecule has 1 amide bonds. The number of carboxylic acids is 1. The molecule has 0 bridgehead atoms. The molecular weight excluding hydrogens is 272 g/mol. The van der Waals surface area contributed by atoms with Crippen molar-refractivity contribution >= 4 is 12.1 Å². The molecule has 0 aromatic rings. The Bertz CT molecular complexity index is 376. The van der Waals surface area contributed by atoms with Crippen LogP contribution >= 0.6 is 0 Å². The maximum Gasteiger partial charge on any atom is 0.410 e. The zero-order valence-electron chi connectivity index (χ0n) is 13.8. The minimum Gasteiger partial charge on any atom is -0.480 e.